The molecule has 17 heteroatoms. The Morgan fingerprint density at radius 1 is 0.429 bits per heavy atom. The van der Waals surface area contributed by atoms with E-state index in [0.29, 0.717) is 0 Å². The van der Waals surface area contributed by atoms with Crippen LogP contribution in [0.25, 0.3) is 0 Å². The zero-order valence-corrected chi connectivity index (χ0v) is 20.2. The van der Waals surface area contributed by atoms with E-state index in [-0.39, 0.29) is 5.69 Å². The average molecular weight is 619 g/mol. The van der Waals surface area contributed by atoms with Gasteiger partial charge in [0, 0.05) is 19.1 Å². The fraction of sp³-hybridized carbons (Fsp3) is 0.0800. The monoisotopic (exact) mass is 619 g/mol. The van der Waals surface area contributed by atoms with Crippen molar-refractivity contribution in [3.63, 3.8) is 0 Å². The quantitative estimate of drug-likeness (QED) is 0.127. The second-order valence-electron chi connectivity index (χ2n) is 9.06. The van der Waals surface area contributed by atoms with E-state index in [1.54, 1.807) is 0 Å². The van der Waals surface area contributed by atoms with Gasteiger partial charge in [-0.05, 0) is 6.07 Å². The van der Waals surface area contributed by atoms with Crippen molar-refractivity contribution < 1.29 is 70.8 Å². The minimum absolute atomic E-state index is 0.0180. The molecule has 0 unspecified atom stereocenters. The first-order valence-electron chi connectivity index (χ1n) is 11.2. The summed E-state index contributed by atoms with van der Waals surface area (Å²) in [4.78, 5) is 2.31. The number of aromatic nitrogens is 1. The number of pyridine rings is 1. The molecule has 1 heterocycles. The van der Waals surface area contributed by atoms with E-state index in [9.17, 15) is 39.5 Å². The van der Waals surface area contributed by atoms with Crippen LogP contribution in [0.5, 0.6) is 0 Å². The largest absolute Gasteiger partial charge is 0.216 e. The maximum Gasteiger partial charge on any atom is 0.200 e. The predicted molar refractivity (Wildman–Crippen MR) is 115 cm³/mol. The van der Waals surface area contributed by atoms with Gasteiger partial charge in [0.25, 0.3) is 0 Å². The lowest BCUT2D eigenvalue weighted by molar-refractivity contribution is -0.397. The van der Waals surface area contributed by atoms with Gasteiger partial charge in [-0.2, -0.15) is 0 Å². The second kappa shape index (κ2) is 10.6. The van der Waals surface area contributed by atoms with Crippen molar-refractivity contribution in [1.82, 2.24) is 0 Å². The van der Waals surface area contributed by atoms with Crippen molar-refractivity contribution in [3.8, 4) is 0 Å². The molecular formula is C25H9BF15N. The molecule has 1 N–H and O–H groups in total. The topological polar surface area (TPSA) is 14.1 Å². The summed E-state index contributed by atoms with van der Waals surface area (Å²) < 4.78 is 221. The summed E-state index contributed by atoms with van der Waals surface area (Å²) in [6.07, 6.45) is -7.52. The average Bonchev–Trinajstić information content (AvgIpc) is 2.95. The Hall–Kier alpha value is -4.18. The summed E-state index contributed by atoms with van der Waals surface area (Å²) in [5, 5.41) is 0. The van der Waals surface area contributed by atoms with Gasteiger partial charge in [0.2, 0.25) is 0 Å². The molecule has 0 amide bonds. The normalized spacial score (nSPS) is 11.9. The summed E-state index contributed by atoms with van der Waals surface area (Å²) in [5.41, 5.74) is -8.63. The Morgan fingerprint density at radius 3 is 0.952 bits per heavy atom. The molecule has 0 fully saturated rings. The van der Waals surface area contributed by atoms with Crippen molar-refractivity contribution in [1.29, 1.82) is 0 Å². The highest BCUT2D eigenvalue weighted by Gasteiger charge is 2.49. The lowest BCUT2D eigenvalue weighted by atomic mass is 9.13. The Kier molecular flexibility index (Phi) is 7.76. The molecule has 4 aromatic rings. The highest BCUT2D eigenvalue weighted by molar-refractivity contribution is 7.11. The van der Waals surface area contributed by atoms with E-state index in [1.807, 2.05) is 0 Å². The van der Waals surface area contributed by atoms with E-state index in [0.717, 1.165) is 12.1 Å². The highest BCUT2D eigenvalue weighted by atomic mass is 19.2. The number of aryl methyl sites for hydroxylation is 1. The lowest BCUT2D eigenvalue weighted by Crippen LogP contribution is -2.75. The zero-order valence-electron chi connectivity index (χ0n) is 20.2. The van der Waals surface area contributed by atoms with E-state index < -0.39 is 122 Å². The van der Waals surface area contributed by atoms with Gasteiger partial charge in [0.15, 0.2) is 58.0 Å². The number of halogens is 15. The van der Waals surface area contributed by atoms with E-state index in [2.05, 4.69) is 4.98 Å². The second-order valence-corrected chi connectivity index (χ2v) is 9.06. The number of hydrogen-bond donors (Lipinski definition) is 0. The number of aromatic amines is 1. The molecule has 0 spiro atoms. The predicted octanol–water partition coefficient (Wildman–Crippen LogP) is 5.15. The van der Waals surface area contributed by atoms with Crippen LogP contribution in [0.4, 0.5) is 65.9 Å². The van der Waals surface area contributed by atoms with Gasteiger partial charge in [-0.3, -0.25) is 0 Å². The Labute approximate surface area is 224 Å². The number of hydrogen-bond acceptors (Lipinski definition) is 0. The first-order chi connectivity index (χ1) is 19.5. The third-order valence-corrected chi connectivity index (χ3v) is 6.74. The molecule has 0 atom stereocenters. The fourth-order valence-electron chi connectivity index (χ4n) is 5.00. The van der Waals surface area contributed by atoms with Crippen molar-refractivity contribution in [2.24, 2.45) is 0 Å². The molecule has 0 aliphatic rings. The molecule has 1 nitrogen and oxygen atoms in total. The standard InChI is InChI=1S/C25H8BF15N/c1-6-3-2-4-7(42-6)5-26(8-11(27)17(33)23(39)18(34)12(8)28,9-13(29)19(35)24(40)20(36)14(9)30)10-15(31)21(37)25(41)22(38)16(10)32/h2-4H,5H2,1H3/q-1/p+1. The molecular weight excluding hydrogens is 610 g/mol. The molecule has 4 rings (SSSR count). The molecule has 1 aromatic heterocycles. The van der Waals surface area contributed by atoms with E-state index in [1.165, 1.54) is 13.0 Å². The van der Waals surface area contributed by atoms with E-state index in [4.69, 9.17) is 0 Å². The number of nitrogens with one attached hydrogen (secondary N) is 1. The molecule has 0 radical (unpaired) electrons. The van der Waals surface area contributed by atoms with Crippen molar-refractivity contribution in [3.05, 3.63) is 117 Å². The number of H-pyrrole nitrogens is 1. The van der Waals surface area contributed by atoms with Crippen LogP contribution in [0.1, 0.15) is 11.4 Å². The van der Waals surface area contributed by atoms with Gasteiger partial charge in [0.1, 0.15) is 46.7 Å². The smallest absolute Gasteiger partial charge is 0.200 e. The van der Waals surface area contributed by atoms with Crippen LogP contribution < -0.4 is 21.4 Å². The van der Waals surface area contributed by atoms with Crippen LogP contribution in [0, 0.1) is 94.2 Å². The van der Waals surface area contributed by atoms with Crippen LogP contribution in [0.15, 0.2) is 18.2 Å². The minimum atomic E-state index is -5.64. The van der Waals surface area contributed by atoms with Crippen molar-refractivity contribution in [2.45, 2.75) is 13.2 Å². The maximum absolute atomic E-state index is 15.4. The Morgan fingerprint density at radius 2 is 0.690 bits per heavy atom. The Bertz CT molecular complexity index is 1530. The summed E-state index contributed by atoms with van der Waals surface area (Å²) in [6, 6.07) is 3.07. The van der Waals surface area contributed by atoms with Crippen LogP contribution in [-0.2, 0) is 6.32 Å². The van der Waals surface area contributed by atoms with Gasteiger partial charge in [-0.25, -0.2) is 70.8 Å². The summed E-state index contributed by atoms with van der Waals surface area (Å²) in [7, 11) is 0. The van der Waals surface area contributed by atoms with E-state index >= 15 is 26.3 Å². The van der Waals surface area contributed by atoms with Gasteiger partial charge >= 0.3 is 0 Å². The molecule has 0 saturated carbocycles. The summed E-state index contributed by atoms with van der Waals surface area (Å²) >= 11 is 0. The molecule has 0 aliphatic carbocycles. The summed E-state index contributed by atoms with van der Waals surface area (Å²) in [6.45, 7) is 1.23. The molecule has 3 aromatic carbocycles. The number of benzene rings is 3. The van der Waals surface area contributed by atoms with Gasteiger partial charge in [-0.1, -0.05) is 6.32 Å². The SMILES string of the molecule is Cc1cccc(C[B-](c2c(F)c(F)c(F)c(F)c2F)(c2c(F)c(F)c(F)c(F)c2F)c2c(F)c(F)c(F)c(F)c2F)[nH+]1. The first kappa shape index (κ1) is 30.8. The molecule has 0 bridgehead atoms. The zero-order chi connectivity index (χ0) is 31.6. The van der Waals surface area contributed by atoms with Gasteiger partial charge in [0.05, 0.1) is 0 Å². The fourth-order valence-corrected chi connectivity index (χ4v) is 5.00. The molecule has 0 saturated heterocycles. The Balaban J connectivity index is 2.47. The highest BCUT2D eigenvalue weighted by Crippen LogP contribution is 2.29. The van der Waals surface area contributed by atoms with Crippen LogP contribution in [0.2, 0.25) is 0 Å². The summed E-state index contributed by atoms with van der Waals surface area (Å²) in [5.74, 6) is -45.3. The molecule has 42 heavy (non-hydrogen) atoms. The third-order valence-electron chi connectivity index (χ3n) is 6.74. The minimum Gasteiger partial charge on any atom is -0.216 e. The van der Waals surface area contributed by atoms with Crippen molar-refractivity contribution >= 4 is 22.5 Å². The van der Waals surface area contributed by atoms with Crippen LogP contribution >= 0.6 is 0 Å². The van der Waals surface area contributed by atoms with Gasteiger partial charge < -0.3 is 0 Å². The van der Waals surface area contributed by atoms with Crippen molar-refractivity contribution in [2.75, 3.05) is 0 Å². The van der Waals surface area contributed by atoms with Crippen LogP contribution in [0.3, 0.4) is 0 Å². The molecule has 0 aliphatic heterocycles. The number of rotatable bonds is 5. The van der Waals surface area contributed by atoms with Crippen LogP contribution in [-0.4, -0.2) is 6.15 Å². The first-order valence-corrected chi connectivity index (χ1v) is 11.2. The third kappa shape index (κ3) is 4.27. The lowest BCUT2D eigenvalue weighted by Gasteiger charge is -2.42. The maximum atomic E-state index is 15.4. The molecule has 222 valence electrons. The van der Waals surface area contributed by atoms with Gasteiger partial charge in [-0.15, -0.1) is 16.4 Å².